The van der Waals surface area contributed by atoms with Gasteiger partial charge < -0.3 is 14.4 Å². The smallest absolute Gasteiger partial charge is 0.0602 e. The number of methoxy groups -OCH3 is 1. The van der Waals surface area contributed by atoms with E-state index in [-0.39, 0.29) is 5.60 Å². The van der Waals surface area contributed by atoms with Gasteiger partial charge in [0.15, 0.2) is 0 Å². The summed E-state index contributed by atoms with van der Waals surface area (Å²) >= 11 is 0. The minimum Gasteiger partial charge on any atom is -0.385 e. The molecule has 2 rings (SSSR count). The van der Waals surface area contributed by atoms with Gasteiger partial charge in [0, 0.05) is 20.3 Å². The first-order chi connectivity index (χ1) is 8.92. The molecule has 1 aliphatic carbocycles. The van der Waals surface area contributed by atoms with Crippen LogP contribution in [0.4, 0.5) is 0 Å². The van der Waals surface area contributed by atoms with Gasteiger partial charge in [0.1, 0.15) is 0 Å². The molecular weight excluding hydrogens is 238 g/mol. The first kappa shape index (κ1) is 15.3. The zero-order valence-corrected chi connectivity index (χ0v) is 13.2. The number of hydrogen-bond donors (Lipinski definition) is 0. The van der Waals surface area contributed by atoms with Crippen molar-refractivity contribution in [2.45, 2.75) is 64.6 Å². The molecule has 1 aliphatic heterocycles. The number of likely N-dealkylation sites (tertiary alicyclic amines) is 1. The largest absolute Gasteiger partial charge is 0.385 e. The fourth-order valence-corrected chi connectivity index (χ4v) is 3.58. The van der Waals surface area contributed by atoms with Crippen molar-refractivity contribution in [2.24, 2.45) is 5.41 Å². The zero-order chi connectivity index (χ0) is 13.9. The molecule has 0 amide bonds. The molecule has 0 aromatic rings. The van der Waals surface area contributed by atoms with Gasteiger partial charge in [0.25, 0.3) is 0 Å². The topological polar surface area (TPSA) is 21.7 Å². The van der Waals surface area contributed by atoms with Crippen molar-refractivity contribution in [3.8, 4) is 0 Å². The van der Waals surface area contributed by atoms with Gasteiger partial charge in [-0.2, -0.15) is 0 Å². The van der Waals surface area contributed by atoms with Crippen LogP contribution in [0.5, 0.6) is 0 Å². The summed E-state index contributed by atoms with van der Waals surface area (Å²) < 4.78 is 11.2. The summed E-state index contributed by atoms with van der Waals surface area (Å²) in [6.07, 6.45) is 6.99. The summed E-state index contributed by atoms with van der Waals surface area (Å²) in [5.74, 6) is 0. The van der Waals surface area contributed by atoms with Crippen LogP contribution in [0.1, 0.15) is 52.9 Å². The Bertz CT molecular complexity index is 269. The van der Waals surface area contributed by atoms with Crippen LogP contribution in [0.25, 0.3) is 0 Å². The van der Waals surface area contributed by atoms with E-state index in [1.807, 2.05) is 0 Å². The lowest BCUT2D eigenvalue weighted by Crippen LogP contribution is -2.51. The average molecular weight is 269 g/mol. The highest BCUT2D eigenvalue weighted by molar-refractivity contribution is 4.98. The van der Waals surface area contributed by atoms with Crippen molar-refractivity contribution >= 4 is 0 Å². The molecule has 0 bridgehead atoms. The van der Waals surface area contributed by atoms with Gasteiger partial charge in [-0.1, -0.05) is 0 Å². The highest BCUT2D eigenvalue weighted by atomic mass is 16.5. The standard InChI is InChI=1S/C16H31NO2/c1-15(2,3)19-14-12-16(13-14)6-9-17(10-7-16)8-5-11-18-4/h14H,5-13H2,1-4H3. The van der Waals surface area contributed by atoms with Crippen molar-refractivity contribution in [3.05, 3.63) is 0 Å². The Balaban J connectivity index is 1.65. The molecule has 0 N–H and O–H groups in total. The van der Waals surface area contributed by atoms with Crippen LogP contribution in [0.3, 0.4) is 0 Å². The number of hydrogen-bond acceptors (Lipinski definition) is 3. The van der Waals surface area contributed by atoms with Crippen LogP contribution in [0.2, 0.25) is 0 Å². The van der Waals surface area contributed by atoms with Gasteiger partial charge in [-0.05, 0) is 71.4 Å². The number of nitrogens with zero attached hydrogens (tertiary/aromatic N) is 1. The summed E-state index contributed by atoms with van der Waals surface area (Å²) in [7, 11) is 1.79. The average Bonchev–Trinajstić information content (AvgIpc) is 2.28. The number of ether oxygens (including phenoxy) is 2. The van der Waals surface area contributed by atoms with Gasteiger partial charge >= 0.3 is 0 Å². The maximum absolute atomic E-state index is 6.08. The molecule has 3 heteroatoms. The lowest BCUT2D eigenvalue weighted by Gasteiger charge is -2.53. The molecule has 112 valence electrons. The SMILES string of the molecule is COCCCN1CCC2(CC1)CC(OC(C)(C)C)C2. The number of rotatable bonds is 5. The first-order valence-corrected chi connectivity index (χ1v) is 7.82. The van der Waals surface area contributed by atoms with Crippen LogP contribution in [0, 0.1) is 5.41 Å². The third-order valence-electron chi connectivity index (χ3n) is 4.58. The fourth-order valence-electron chi connectivity index (χ4n) is 3.58. The molecule has 1 saturated carbocycles. The van der Waals surface area contributed by atoms with E-state index in [0.717, 1.165) is 6.61 Å². The Morgan fingerprint density at radius 3 is 2.32 bits per heavy atom. The van der Waals surface area contributed by atoms with E-state index in [1.165, 1.54) is 51.7 Å². The van der Waals surface area contributed by atoms with Gasteiger partial charge in [-0.25, -0.2) is 0 Å². The summed E-state index contributed by atoms with van der Waals surface area (Å²) in [5.41, 5.74) is 0.640. The molecule has 1 saturated heterocycles. The molecule has 0 unspecified atom stereocenters. The molecule has 1 spiro atoms. The molecule has 0 radical (unpaired) electrons. The number of piperidine rings is 1. The van der Waals surface area contributed by atoms with E-state index >= 15 is 0 Å². The van der Waals surface area contributed by atoms with Crippen LogP contribution in [-0.4, -0.2) is 50.0 Å². The van der Waals surface area contributed by atoms with E-state index in [0.29, 0.717) is 11.5 Å². The van der Waals surface area contributed by atoms with Gasteiger partial charge in [0.2, 0.25) is 0 Å². The molecule has 0 aromatic heterocycles. The summed E-state index contributed by atoms with van der Waals surface area (Å²) in [4.78, 5) is 2.60. The predicted octanol–water partition coefficient (Wildman–Crippen LogP) is 3.08. The molecular formula is C16H31NO2. The van der Waals surface area contributed by atoms with Gasteiger partial charge in [-0.3, -0.25) is 0 Å². The molecule has 3 nitrogen and oxygen atoms in total. The fraction of sp³-hybridized carbons (Fsp3) is 1.00. The predicted molar refractivity (Wildman–Crippen MR) is 78.5 cm³/mol. The molecule has 0 atom stereocenters. The summed E-state index contributed by atoms with van der Waals surface area (Å²) in [6, 6.07) is 0. The normalized spacial score (nSPS) is 24.6. The van der Waals surface area contributed by atoms with E-state index in [2.05, 4.69) is 25.7 Å². The Kier molecular flexibility index (Phi) is 4.91. The zero-order valence-electron chi connectivity index (χ0n) is 13.2. The van der Waals surface area contributed by atoms with E-state index in [1.54, 1.807) is 7.11 Å². The summed E-state index contributed by atoms with van der Waals surface area (Å²) in [6.45, 7) is 11.1. The molecule has 1 heterocycles. The summed E-state index contributed by atoms with van der Waals surface area (Å²) in [5, 5.41) is 0. The quantitative estimate of drug-likeness (QED) is 0.716. The van der Waals surface area contributed by atoms with Crippen LogP contribution in [0.15, 0.2) is 0 Å². The van der Waals surface area contributed by atoms with Gasteiger partial charge in [0.05, 0.1) is 11.7 Å². The highest BCUT2D eigenvalue weighted by Crippen LogP contribution is 2.51. The van der Waals surface area contributed by atoms with Gasteiger partial charge in [-0.15, -0.1) is 0 Å². The Hall–Kier alpha value is -0.120. The van der Waals surface area contributed by atoms with Crippen molar-refractivity contribution in [2.75, 3.05) is 33.4 Å². The minimum absolute atomic E-state index is 0.0210. The minimum atomic E-state index is 0.0210. The van der Waals surface area contributed by atoms with E-state index in [4.69, 9.17) is 9.47 Å². The van der Waals surface area contributed by atoms with Crippen molar-refractivity contribution in [1.82, 2.24) is 4.90 Å². The Morgan fingerprint density at radius 1 is 1.16 bits per heavy atom. The lowest BCUT2D eigenvalue weighted by molar-refractivity contribution is -0.156. The molecule has 19 heavy (non-hydrogen) atoms. The Morgan fingerprint density at radius 2 is 1.79 bits per heavy atom. The van der Waals surface area contributed by atoms with Crippen LogP contribution in [-0.2, 0) is 9.47 Å². The monoisotopic (exact) mass is 269 g/mol. The third-order valence-corrected chi connectivity index (χ3v) is 4.58. The van der Waals surface area contributed by atoms with Crippen LogP contribution >= 0.6 is 0 Å². The maximum atomic E-state index is 6.08. The van der Waals surface area contributed by atoms with Crippen molar-refractivity contribution in [1.29, 1.82) is 0 Å². The second kappa shape index (κ2) is 6.11. The molecule has 0 aromatic carbocycles. The Labute approximate surface area is 118 Å². The maximum Gasteiger partial charge on any atom is 0.0602 e. The van der Waals surface area contributed by atoms with Crippen molar-refractivity contribution < 1.29 is 9.47 Å². The van der Waals surface area contributed by atoms with E-state index in [9.17, 15) is 0 Å². The molecule has 2 aliphatic rings. The highest BCUT2D eigenvalue weighted by Gasteiger charge is 2.47. The molecule has 2 fully saturated rings. The van der Waals surface area contributed by atoms with Crippen LogP contribution < -0.4 is 0 Å². The third kappa shape index (κ3) is 4.44. The van der Waals surface area contributed by atoms with Crippen molar-refractivity contribution in [3.63, 3.8) is 0 Å². The second-order valence-corrected chi connectivity index (χ2v) is 7.45. The lowest BCUT2D eigenvalue weighted by atomic mass is 9.61. The van der Waals surface area contributed by atoms with E-state index < -0.39 is 0 Å². The second-order valence-electron chi connectivity index (χ2n) is 7.45. The first-order valence-electron chi connectivity index (χ1n) is 7.82.